The minimum atomic E-state index is 0.199. The van der Waals surface area contributed by atoms with Crippen molar-refractivity contribution < 1.29 is 4.74 Å². The third kappa shape index (κ3) is 3.25. The Kier molecular flexibility index (Phi) is 4.68. The van der Waals surface area contributed by atoms with Gasteiger partial charge in [0.15, 0.2) is 0 Å². The zero-order valence-electron chi connectivity index (χ0n) is 13.0. The number of nitrogens with zero attached hydrogens (tertiary/aromatic N) is 5. The minimum absolute atomic E-state index is 0.199. The van der Waals surface area contributed by atoms with E-state index in [1.54, 1.807) is 19.5 Å². The molecule has 7 nitrogen and oxygen atoms in total. The van der Waals surface area contributed by atoms with Crippen LogP contribution < -0.4 is 4.90 Å². The lowest BCUT2D eigenvalue weighted by molar-refractivity contribution is 0.205. The van der Waals surface area contributed by atoms with Crippen molar-refractivity contribution in [3.63, 3.8) is 0 Å². The van der Waals surface area contributed by atoms with Crippen molar-refractivity contribution in [3.8, 4) is 11.3 Å². The molecule has 0 aliphatic heterocycles. The average Bonchev–Trinajstić information content (AvgIpc) is 2.99. The Bertz CT molecular complexity index is 806. The maximum absolute atomic E-state index is 5.90. The fourth-order valence-corrected chi connectivity index (χ4v) is 2.50. The van der Waals surface area contributed by atoms with Gasteiger partial charge in [-0.3, -0.25) is 5.10 Å². The molecular formula is C15H17ClN6O. The second kappa shape index (κ2) is 6.89. The molecule has 0 radical (unpaired) electrons. The molecule has 0 aliphatic carbocycles. The lowest BCUT2D eigenvalue weighted by Crippen LogP contribution is -2.27. The fraction of sp³-hybridized carbons (Fsp3) is 0.333. The number of aromatic amines is 1. The van der Waals surface area contributed by atoms with E-state index >= 15 is 0 Å². The van der Waals surface area contributed by atoms with Gasteiger partial charge in [0.25, 0.3) is 0 Å². The summed E-state index contributed by atoms with van der Waals surface area (Å²) in [6.07, 6.45) is 3.39. The number of likely N-dealkylation sites (N-methyl/N-ethyl adjacent to an activating group) is 1. The predicted octanol–water partition coefficient (Wildman–Crippen LogP) is 2.54. The highest BCUT2D eigenvalue weighted by Gasteiger charge is 2.13. The van der Waals surface area contributed by atoms with Gasteiger partial charge in [0, 0.05) is 32.0 Å². The van der Waals surface area contributed by atoms with Crippen LogP contribution in [0.15, 0.2) is 24.5 Å². The Morgan fingerprint density at radius 3 is 3.00 bits per heavy atom. The first-order valence-electron chi connectivity index (χ1n) is 7.30. The molecule has 3 aromatic heterocycles. The summed E-state index contributed by atoms with van der Waals surface area (Å²) >= 11 is 5.90. The van der Waals surface area contributed by atoms with Gasteiger partial charge in [0.2, 0.25) is 5.28 Å². The van der Waals surface area contributed by atoms with Crippen molar-refractivity contribution in [3.05, 3.63) is 29.8 Å². The number of rotatable bonds is 6. The molecule has 8 heteroatoms. The largest absolute Gasteiger partial charge is 0.383 e. The van der Waals surface area contributed by atoms with Crippen LogP contribution in [0, 0.1) is 0 Å². The second-order valence-electron chi connectivity index (χ2n) is 4.95. The first-order valence-corrected chi connectivity index (χ1v) is 7.67. The van der Waals surface area contributed by atoms with E-state index in [1.165, 1.54) is 0 Å². The standard InChI is InChI=1S/C15H17ClN6O/c1-3-22(6-7-23-2)12-8-10(4-5-17-12)13-14-11(20-21-13)9-18-15(16)19-14/h4-5,8-9H,3,6-7H2,1-2H3,(H,20,21). The molecule has 0 unspecified atom stereocenters. The van der Waals surface area contributed by atoms with E-state index in [0.717, 1.165) is 35.7 Å². The summed E-state index contributed by atoms with van der Waals surface area (Å²) in [6.45, 7) is 4.35. The molecule has 0 amide bonds. The van der Waals surface area contributed by atoms with Crippen molar-refractivity contribution in [2.75, 3.05) is 31.7 Å². The molecule has 3 heterocycles. The lowest BCUT2D eigenvalue weighted by Gasteiger charge is -2.21. The topological polar surface area (TPSA) is 79.8 Å². The van der Waals surface area contributed by atoms with E-state index in [9.17, 15) is 0 Å². The Hall–Kier alpha value is -2.25. The number of H-pyrrole nitrogens is 1. The van der Waals surface area contributed by atoms with E-state index in [2.05, 4.69) is 37.0 Å². The van der Waals surface area contributed by atoms with Crippen LogP contribution in [-0.2, 0) is 4.74 Å². The first kappa shape index (κ1) is 15.6. The number of fused-ring (bicyclic) bond motifs is 1. The smallest absolute Gasteiger partial charge is 0.223 e. The normalized spacial score (nSPS) is 11.1. The van der Waals surface area contributed by atoms with Crippen molar-refractivity contribution in [2.24, 2.45) is 0 Å². The molecule has 3 aromatic rings. The summed E-state index contributed by atoms with van der Waals surface area (Å²) in [5, 5.41) is 7.46. The summed E-state index contributed by atoms with van der Waals surface area (Å²) in [5.41, 5.74) is 3.10. The van der Waals surface area contributed by atoms with E-state index in [0.29, 0.717) is 12.1 Å². The van der Waals surface area contributed by atoms with Gasteiger partial charge < -0.3 is 9.64 Å². The third-order valence-electron chi connectivity index (χ3n) is 3.56. The lowest BCUT2D eigenvalue weighted by atomic mass is 10.1. The molecule has 120 valence electrons. The Morgan fingerprint density at radius 1 is 1.35 bits per heavy atom. The highest BCUT2D eigenvalue weighted by molar-refractivity contribution is 6.28. The second-order valence-corrected chi connectivity index (χ2v) is 5.29. The number of hydrogen-bond acceptors (Lipinski definition) is 6. The van der Waals surface area contributed by atoms with Crippen molar-refractivity contribution in [2.45, 2.75) is 6.92 Å². The summed E-state index contributed by atoms with van der Waals surface area (Å²) < 4.78 is 5.15. The molecule has 0 aliphatic rings. The van der Waals surface area contributed by atoms with Crippen molar-refractivity contribution in [1.82, 2.24) is 25.1 Å². The Balaban J connectivity index is 1.99. The molecule has 0 spiro atoms. The summed E-state index contributed by atoms with van der Waals surface area (Å²) in [5.74, 6) is 0.873. The summed E-state index contributed by atoms with van der Waals surface area (Å²) in [6, 6.07) is 3.89. The molecule has 23 heavy (non-hydrogen) atoms. The zero-order valence-corrected chi connectivity index (χ0v) is 13.7. The highest BCUT2D eigenvalue weighted by atomic mass is 35.5. The maximum atomic E-state index is 5.90. The molecule has 0 bridgehead atoms. The third-order valence-corrected chi connectivity index (χ3v) is 3.74. The van der Waals surface area contributed by atoms with Gasteiger partial charge in [-0.05, 0) is 30.7 Å². The molecule has 1 N–H and O–H groups in total. The molecule has 0 saturated heterocycles. The van der Waals surface area contributed by atoms with Crippen LogP contribution in [0.5, 0.6) is 0 Å². The number of halogens is 1. The van der Waals surface area contributed by atoms with Crippen LogP contribution in [0.1, 0.15) is 6.92 Å². The minimum Gasteiger partial charge on any atom is -0.383 e. The molecule has 3 rings (SSSR count). The monoisotopic (exact) mass is 332 g/mol. The molecule has 0 aromatic carbocycles. The van der Waals surface area contributed by atoms with E-state index in [-0.39, 0.29) is 5.28 Å². The van der Waals surface area contributed by atoms with Crippen LogP contribution in [0.25, 0.3) is 22.3 Å². The average molecular weight is 333 g/mol. The number of anilines is 1. The number of hydrogen-bond donors (Lipinski definition) is 1. The van der Waals surface area contributed by atoms with Gasteiger partial charge in [-0.1, -0.05) is 0 Å². The molecule has 0 fully saturated rings. The van der Waals surface area contributed by atoms with Gasteiger partial charge in [-0.15, -0.1) is 0 Å². The van der Waals surface area contributed by atoms with Crippen molar-refractivity contribution >= 4 is 28.5 Å². The van der Waals surface area contributed by atoms with Crippen molar-refractivity contribution in [1.29, 1.82) is 0 Å². The molecular weight excluding hydrogens is 316 g/mol. The van der Waals surface area contributed by atoms with E-state index < -0.39 is 0 Å². The Labute approximate surface area is 138 Å². The molecule has 0 saturated carbocycles. The quantitative estimate of drug-likeness (QED) is 0.699. The van der Waals surface area contributed by atoms with Gasteiger partial charge in [0.05, 0.1) is 12.8 Å². The van der Waals surface area contributed by atoms with Gasteiger partial charge in [-0.25, -0.2) is 15.0 Å². The van der Waals surface area contributed by atoms with E-state index in [4.69, 9.17) is 16.3 Å². The first-order chi connectivity index (χ1) is 11.2. The maximum Gasteiger partial charge on any atom is 0.223 e. The van der Waals surface area contributed by atoms with E-state index in [1.807, 2.05) is 12.1 Å². The van der Waals surface area contributed by atoms with Gasteiger partial charge in [-0.2, -0.15) is 5.10 Å². The number of nitrogens with one attached hydrogen (secondary N) is 1. The number of pyridine rings is 1. The summed E-state index contributed by atoms with van der Waals surface area (Å²) in [7, 11) is 1.69. The number of aromatic nitrogens is 5. The fourth-order valence-electron chi connectivity index (χ4n) is 2.37. The van der Waals surface area contributed by atoms with Crippen LogP contribution in [0.2, 0.25) is 5.28 Å². The highest BCUT2D eigenvalue weighted by Crippen LogP contribution is 2.27. The van der Waals surface area contributed by atoms with Crippen LogP contribution >= 0.6 is 11.6 Å². The van der Waals surface area contributed by atoms with Gasteiger partial charge >= 0.3 is 0 Å². The van der Waals surface area contributed by atoms with Crippen LogP contribution in [0.4, 0.5) is 5.82 Å². The molecule has 0 atom stereocenters. The predicted molar refractivity (Wildman–Crippen MR) is 89.7 cm³/mol. The SMILES string of the molecule is CCN(CCOC)c1cc(-c2n[nH]c3cnc(Cl)nc23)ccn1. The Morgan fingerprint density at radius 2 is 2.22 bits per heavy atom. The summed E-state index contributed by atoms with van der Waals surface area (Å²) in [4.78, 5) is 14.8. The van der Waals surface area contributed by atoms with Gasteiger partial charge in [0.1, 0.15) is 22.5 Å². The zero-order chi connectivity index (χ0) is 16.2. The number of ether oxygens (including phenoxy) is 1. The van der Waals surface area contributed by atoms with Crippen LogP contribution in [-0.4, -0.2) is 52.0 Å². The number of methoxy groups -OCH3 is 1. The van der Waals surface area contributed by atoms with Crippen LogP contribution in [0.3, 0.4) is 0 Å².